The normalized spacial score (nSPS) is 12.1. The molecule has 0 fully saturated rings. The molecule has 1 atom stereocenters. The molecule has 31 heavy (non-hydrogen) atoms. The van der Waals surface area contributed by atoms with Crippen LogP contribution in [0.3, 0.4) is 0 Å². The predicted octanol–water partition coefficient (Wildman–Crippen LogP) is 6.68. The van der Waals surface area contributed by atoms with E-state index in [0.29, 0.717) is 18.1 Å². The number of hydrogen-bond donors (Lipinski definition) is 1. The van der Waals surface area contributed by atoms with Gasteiger partial charge in [0.25, 0.3) is 0 Å². The third-order valence-corrected chi connectivity index (χ3v) is 4.91. The Kier molecular flexibility index (Phi) is 8.13. The first-order valence-electron chi connectivity index (χ1n) is 10.5. The lowest BCUT2D eigenvalue weighted by atomic mass is 9.99. The Bertz CT molecular complexity index is 1010. The van der Waals surface area contributed by atoms with E-state index in [1.807, 2.05) is 60.7 Å². The highest BCUT2D eigenvalue weighted by Crippen LogP contribution is 2.28. The highest BCUT2D eigenvalue weighted by atomic mass is 19.1. The SMILES string of the molecule is C=CCOc1ccc(-c2ccc(-c3ccc(/C=C/CCCC(C)O)cc3F)cc2)cn1. The van der Waals surface area contributed by atoms with E-state index < -0.39 is 0 Å². The highest BCUT2D eigenvalue weighted by molar-refractivity contribution is 5.71. The van der Waals surface area contributed by atoms with Gasteiger partial charge in [-0.15, -0.1) is 0 Å². The summed E-state index contributed by atoms with van der Waals surface area (Å²) in [6.07, 6.45) is 9.67. The Morgan fingerprint density at radius 1 is 1.06 bits per heavy atom. The van der Waals surface area contributed by atoms with Gasteiger partial charge in [0.1, 0.15) is 12.4 Å². The van der Waals surface area contributed by atoms with Crippen molar-refractivity contribution < 1.29 is 14.2 Å². The third-order valence-electron chi connectivity index (χ3n) is 4.91. The number of ether oxygens (including phenoxy) is 1. The first kappa shape index (κ1) is 22.4. The van der Waals surface area contributed by atoms with E-state index in [9.17, 15) is 9.50 Å². The summed E-state index contributed by atoms with van der Waals surface area (Å²) in [4.78, 5) is 4.29. The molecule has 0 aliphatic rings. The second kappa shape index (κ2) is 11.2. The summed E-state index contributed by atoms with van der Waals surface area (Å²) in [6.45, 7) is 5.83. The zero-order valence-electron chi connectivity index (χ0n) is 17.8. The highest BCUT2D eigenvalue weighted by Gasteiger charge is 2.07. The third kappa shape index (κ3) is 6.63. The summed E-state index contributed by atoms with van der Waals surface area (Å²) < 4.78 is 20.1. The first-order valence-corrected chi connectivity index (χ1v) is 10.5. The summed E-state index contributed by atoms with van der Waals surface area (Å²) in [5.41, 5.74) is 4.20. The minimum absolute atomic E-state index is 0.246. The van der Waals surface area contributed by atoms with Gasteiger partial charge in [0.15, 0.2) is 0 Å². The number of rotatable bonds is 10. The molecule has 0 bridgehead atoms. The molecule has 3 rings (SSSR count). The smallest absolute Gasteiger partial charge is 0.213 e. The zero-order chi connectivity index (χ0) is 22.1. The fourth-order valence-electron chi connectivity index (χ4n) is 3.24. The number of allylic oxidation sites excluding steroid dienone is 1. The van der Waals surface area contributed by atoms with Gasteiger partial charge in [-0.3, -0.25) is 0 Å². The number of nitrogens with zero attached hydrogens (tertiary/aromatic N) is 1. The van der Waals surface area contributed by atoms with Crippen LogP contribution in [-0.4, -0.2) is 22.8 Å². The van der Waals surface area contributed by atoms with Crippen LogP contribution >= 0.6 is 0 Å². The molecular formula is C27H28FNO2. The largest absolute Gasteiger partial charge is 0.473 e. The van der Waals surface area contributed by atoms with Gasteiger partial charge >= 0.3 is 0 Å². The Balaban J connectivity index is 1.66. The van der Waals surface area contributed by atoms with E-state index in [0.717, 1.165) is 41.5 Å². The Hall–Kier alpha value is -3.24. The standard InChI is InChI=1S/C27H28FNO2/c1-3-17-31-27-16-14-24(19-29-27)22-10-12-23(13-11-22)25-15-9-21(18-26(25)28)8-6-4-5-7-20(2)30/h3,6,8-16,18-20,30H,1,4-5,7,17H2,2H3/b8-6+. The molecule has 160 valence electrons. The fourth-order valence-corrected chi connectivity index (χ4v) is 3.24. The van der Waals surface area contributed by atoms with Gasteiger partial charge in [0, 0.05) is 23.4 Å². The van der Waals surface area contributed by atoms with Gasteiger partial charge in [-0.1, -0.05) is 61.2 Å². The number of unbranched alkanes of at least 4 members (excludes halogenated alkanes) is 1. The van der Waals surface area contributed by atoms with Gasteiger partial charge < -0.3 is 9.84 Å². The average Bonchev–Trinajstić information content (AvgIpc) is 2.78. The first-order chi connectivity index (χ1) is 15.1. The minimum Gasteiger partial charge on any atom is -0.473 e. The number of hydrogen-bond acceptors (Lipinski definition) is 3. The number of aliphatic hydroxyl groups is 1. The minimum atomic E-state index is -0.275. The van der Waals surface area contributed by atoms with Crippen molar-refractivity contribution in [2.75, 3.05) is 6.61 Å². The van der Waals surface area contributed by atoms with Crippen molar-refractivity contribution >= 4 is 6.08 Å². The van der Waals surface area contributed by atoms with Gasteiger partial charge in [-0.2, -0.15) is 0 Å². The molecule has 1 N–H and O–H groups in total. The summed E-state index contributed by atoms with van der Waals surface area (Å²) in [6, 6.07) is 16.8. The summed E-state index contributed by atoms with van der Waals surface area (Å²) >= 11 is 0. The Morgan fingerprint density at radius 2 is 1.81 bits per heavy atom. The summed E-state index contributed by atoms with van der Waals surface area (Å²) in [7, 11) is 0. The molecule has 0 aliphatic carbocycles. The number of halogens is 1. The molecule has 0 radical (unpaired) electrons. The molecule has 4 heteroatoms. The van der Waals surface area contributed by atoms with Crippen molar-refractivity contribution in [3.05, 3.63) is 90.9 Å². The second-order valence-electron chi connectivity index (χ2n) is 7.48. The maximum atomic E-state index is 14.7. The molecule has 3 nitrogen and oxygen atoms in total. The molecule has 2 aromatic carbocycles. The quantitative estimate of drug-likeness (QED) is 0.295. The molecular weight excluding hydrogens is 389 g/mol. The van der Waals surface area contributed by atoms with Crippen LogP contribution in [0.15, 0.2) is 79.5 Å². The second-order valence-corrected chi connectivity index (χ2v) is 7.48. The van der Waals surface area contributed by atoms with Crippen molar-refractivity contribution in [2.24, 2.45) is 0 Å². The van der Waals surface area contributed by atoms with Crippen LogP contribution in [0.1, 0.15) is 31.7 Å². The van der Waals surface area contributed by atoms with Gasteiger partial charge in [-0.05, 0) is 55.0 Å². The maximum Gasteiger partial charge on any atom is 0.213 e. The van der Waals surface area contributed by atoms with E-state index >= 15 is 0 Å². The molecule has 0 saturated heterocycles. The summed E-state index contributed by atoms with van der Waals surface area (Å²) in [5, 5.41) is 9.28. The van der Waals surface area contributed by atoms with Gasteiger partial charge in [0.05, 0.1) is 6.10 Å². The number of benzene rings is 2. The summed E-state index contributed by atoms with van der Waals surface area (Å²) in [5.74, 6) is 0.309. The molecule has 1 heterocycles. The molecule has 1 unspecified atom stereocenters. The van der Waals surface area contributed by atoms with E-state index in [1.54, 1.807) is 25.3 Å². The topological polar surface area (TPSA) is 42.4 Å². The van der Waals surface area contributed by atoms with Crippen molar-refractivity contribution in [1.29, 1.82) is 0 Å². The van der Waals surface area contributed by atoms with Crippen LogP contribution in [0, 0.1) is 5.82 Å². The van der Waals surface area contributed by atoms with E-state index in [2.05, 4.69) is 11.6 Å². The lowest BCUT2D eigenvalue weighted by Crippen LogP contribution is -1.97. The van der Waals surface area contributed by atoms with Crippen molar-refractivity contribution in [3.8, 4) is 28.1 Å². The number of aliphatic hydroxyl groups excluding tert-OH is 1. The molecule has 0 saturated carbocycles. The van der Waals surface area contributed by atoms with E-state index in [1.165, 1.54) is 0 Å². The van der Waals surface area contributed by atoms with Crippen LogP contribution in [-0.2, 0) is 0 Å². The lowest BCUT2D eigenvalue weighted by molar-refractivity contribution is 0.182. The van der Waals surface area contributed by atoms with Crippen LogP contribution in [0.2, 0.25) is 0 Å². The van der Waals surface area contributed by atoms with Crippen LogP contribution < -0.4 is 4.74 Å². The molecule has 3 aromatic rings. The molecule has 1 aromatic heterocycles. The van der Waals surface area contributed by atoms with Crippen molar-refractivity contribution in [2.45, 2.75) is 32.3 Å². The van der Waals surface area contributed by atoms with E-state index in [4.69, 9.17) is 4.74 Å². The van der Waals surface area contributed by atoms with Crippen LogP contribution in [0.25, 0.3) is 28.3 Å². The molecule has 0 spiro atoms. The lowest BCUT2D eigenvalue weighted by Gasteiger charge is -2.08. The van der Waals surface area contributed by atoms with Crippen molar-refractivity contribution in [3.63, 3.8) is 0 Å². The molecule has 0 aliphatic heterocycles. The fraction of sp³-hybridized carbons (Fsp3) is 0.222. The van der Waals surface area contributed by atoms with Crippen LogP contribution in [0.4, 0.5) is 4.39 Å². The predicted molar refractivity (Wildman–Crippen MR) is 125 cm³/mol. The van der Waals surface area contributed by atoms with Crippen molar-refractivity contribution in [1.82, 2.24) is 4.98 Å². The zero-order valence-corrected chi connectivity index (χ0v) is 17.8. The molecule has 0 amide bonds. The van der Waals surface area contributed by atoms with Gasteiger partial charge in [-0.25, -0.2) is 9.37 Å². The monoisotopic (exact) mass is 417 g/mol. The Labute approximate surface area is 183 Å². The average molecular weight is 418 g/mol. The van der Waals surface area contributed by atoms with Gasteiger partial charge in [0.2, 0.25) is 5.88 Å². The Morgan fingerprint density at radius 3 is 2.45 bits per heavy atom. The number of pyridine rings is 1. The number of aromatic nitrogens is 1. The van der Waals surface area contributed by atoms with E-state index in [-0.39, 0.29) is 11.9 Å². The maximum absolute atomic E-state index is 14.7. The van der Waals surface area contributed by atoms with Crippen LogP contribution in [0.5, 0.6) is 5.88 Å².